The Kier molecular flexibility index (Phi) is 8.89. The molecule has 0 aromatic heterocycles. The highest BCUT2D eigenvalue weighted by molar-refractivity contribution is 4.82. The molecule has 0 bridgehead atoms. The van der Waals surface area contributed by atoms with Crippen molar-refractivity contribution < 1.29 is 14.3 Å². The van der Waals surface area contributed by atoms with Gasteiger partial charge in [-0.1, -0.05) is 5.92 Å². The maximum absolute atomic E-state index is 5.02. The minimum absolute atomic E-state index is 0.330. The molecule has 0 radical (unpaired) electrons. The molecule has 11 heavy (non-hydrogen) atoms. The summed E-state index contributed by atoms with van der Waals surface area (Å²) in [5.74, 6) is 7.10. The van der Waals surface area contributed by atoms with E-state index in [0.29, 0.717) is 33.0 Å². The van der Waals surface area contributed by atoms with Crippen LogP contribution in [0.4, 0.5) is 0 Å². The molecule has 0 spiro atoms. The number of hydrogen-bond donors (Lipinski definition) is 1. The molecule has 2 N–H and O–H groups in total. The zero-order valence-corrected chi connectivity index (χ0v) is 6.41. The standard InChI is InChI=1S/C7H13NO3/c1-2-3-9-4-5-10-6-7-11-8/h1H,3-8H2. The molecule has 0 saturated carbocycles. The molecule has 0 saturated heterocycles. The van der Waals surface area contributed by atoms with Crippen molar-refractivity contribution in [2.45, 2.75) is 0 Å². The molecule has 0 aliphatic carbocycles. The Balaban J connectivity index is 2.75. The average Bonchev–Trinajstić information content (AvgIpc) is 2.03. The molecule has 0 aromatic rings. The molecule has 4 heteroatoms. The van der Waals surface area contributed by atoms with E-state index in [1.165, 1.54) is 0 Å². The minimum atomic E-state index is 0.330. The second-order valence-corrected chi connectivity index (χ2v) is 1.74. The van der Waals surface area contributed by atoms with Crippen LogP contribution in [-0.2, 0) is 14.3 Å². The first-order chi connectivity index (χ1) is 5.41. The number of hydrogen-bond acceptors (Lipinski definition) is 4. The monoisotopic (exact) mass is 159 g/mol. The van der Waals surface area contributed by atoms with Gasteiger partial charge in [0.25, 0.3) is 0 Å². The number of rotatable bonds is 7. The fourth-order valence-electron chi connectivity index (χ4n) is 0.458. The van der Waals surface area contributed by atoms with Crippen LogP contribution in [0, 0.1) is 12.3 Å². The third-order valence-electron chi connectivity index (χ3n) is 0.903. The van der Waals surface area contributed by atoms with Crippen molar-refractivity contribution in [3.8, 4) is 12.3 Å². The second kappa shape index (κ2) is 9.40. The van der Waals surface area contributed by atoms with E-state index in [1.54, 1.807) is 0 Å². The van der Waals surface area contributed by atoms with Crippen molar-refractivity contribution in [1.82, 2.24) is 0 Å². The first-order valence-electron chi connectivity index (χ1n) is 3.32. The Bertz CT molecular complexity index is 111. The second-order valence-electron chi connectivity index (χ2n) is 1.74. The Hall–Kier alpha value is -0.600. The van der Waals surface area contributed by atoms with Crippen molar-refractivity contribution in [1.29, 1.82) is 0 Å². The fourth-order valence-corrected chi connectivity index (χ4v) is 0.458. The van der Waals surface area contributed by atoms with Gasteiger partial charge in [0.05, 0.1) is 26.4 Å². The summed E-state index contributed by atoms with van der Waals surface area (Å²) in [6, 6.07) is 0. The summed E-state index contributed by atoms with van der Waals surface area (Å²) < 4.78 is 9.95. The molecule has 0 aliphatic heterocycles. The molecule has 0 amide bonds. The Morgan fingerprint density at radius 3 is 2.36 bits per heavy atom. The molecule has 0 rings (SSSR count). The van der Waals surface area contributed by atoms with Crippen molar-refractivity contribution in [2.75, 3.05) is 33.0 Å². The van der Waals surface area contributed by atoms with Gasteiger partial charge >= 0.3 is 0 Å². The van der Waals surface area contributed by atoms with Crippen LogP contribution in [0.3, 0.4) is 0 Å². The normalized spacial score (nSPS) is 9.45. The molecule has 0 fully saturated rings. The van der Waals surface area contributed by atoms with Crippen LogP contribution < -0.4 is 5.90 Å². The molecule has 0 aromatic carbocycles. The van der Waals surface area contributed by atoms with E-state index in [2.05, 4.69) is 10.8 Å². The molecule has 4 nitrogen and oxygen atoms in total. The first kappa shape index (κ1) is 10.4. The summed E-state index contributed by atoms with van der Waals surface area (Å²) in [5, 5.41) is 0. The lowest BCUT2D eigenvalue weighted by Gasteiger charge is -2.01. The van der Waals surface area contributed by atoms with Crippen molar-refractivity contribution >= 4 is 0 Å². The van der Waals surface area contributed by atoms with Crippen LogP contribution in [-0.4, -0.2) is 33.0 Å². The lowest BCUT2D eigenvalue weighted by Crippen LogP contribution is -2.11. The quantitative estimate of drug-likeness (QED) is 0.310. The fraction of sp³-hybridized carbons (Fsp3) is 0.714. The van der Waals surface area contributed by atoms with Crippen LogP contribution in [0.25, 0.3) is 0 Å². The van der Waals surface area contributed by atoms with Gasteiger partial charge in [0.15, 0.2) is 0 Å². The van der Waals surface area contributed by atoms with Gasteiger partial charge in [0, 0.05) is 0 Å². The van der Waals surface area contributed by atoms with E-state index >= 15 is 0 Å². The average molecular weight is 159 g/mol. The molecule has 0 unspecified atom stereocenters. The van der Waals surface area contributed by atoms with E-state index in [-0.39, 0.29) is 0 Å². The van der Waals surface area contributed by atoms with Crippen LogP contribution in [0.2, 0.25) is 0 Å². The number of ether oxygens (including phenoxy) is 2. The highest BCUT2D eigenvalue weighted by Gasteiger charge is 1.87. The van der Waals surface area contributed by atoms with Gasteiger partial charge in [0.1, 0.15) is 6.61 Å². The summed E-state index contributed by atoms with van der Waals surface area (Å²) in [7, 11) is 0. The maximum Gasteiger partial charge on any atom is 0.107 e. The molecule has 0 heterocycles. The van der Waals surface area contributed by atoms with Gasteiger partial charge in [-0.3, -0.25) is 0 Å². The van der Waals surface area contributed by atoms with Crippen LogP contribution >= 0.6 is 0 Å². The molecule has 64 valence electrons. The molecule has 0 atom stereocenters. The smallest absolute Gasteiger partial charge is 0.107 e. The third kappa shape index (κ3) is 9.40. The van der Waals surface area contributed by atoms with Crippen LogP contribution in [0.5, 0.6) is 0 Å². The largest absolute Gasteiger partial charge is 0.377 e. The lowest BCUT2D eigenvalue weighted by atomic mass is 10.7. The summed E-state index contributed by atoms with van der Waals surface area (Å²) in [6.07, 6.45) is 4.94. The van der Waals surface area contributed by atoms with Crippen molar-refractivity contribution in [3.63, 3.8) is 0 Å². The van der Waals surface area contributed by atoms with Gasteiger partial charge < -0.3 is 14.3 Å². The Morgan fingerprint density at radius 2 is 1.73 bits per heavy atom. The van der Waals surface area contributed by atoms with E-state index in [9.17, 15) is 0 Å². The van der Waals surface area contributed by atoms with E-state index < -0.39 is 0 Å². The maximum atomic E-state index is 5.02. The van der Waals surface area contributed by atoms with Crippen molar-refractivity contribution in [3.05, 3.63) is 0 Å². The zero-order chi connectivity index (χ0) is 8.36. The SMILES string of the molecule is C#CCOCCOCCON. The number of nitrogens with two attached hydrogens (primary N) is 1. The molecular weight excluding hydrogens is 146 g/mol. The lowest BCUT2D eigenvalue weighted by molar-refractivity contribution is 0.0200. The van der Waals surface area contributed by atoms with Crippen LogP contribution in [0.15, 0.2) is 0 Å². The summed E-state index contributed by atoms with van der Waals surface area (Å²) >= 11 is 0. The molecular formula is C7H13NO3. The minimum Gasteiger partial charge on any atom is -0.377 e. The van der Waals surface area contributed by atoms with Gasteiger partial charge in [-0.2, -0.15) is 0 Å². The Morgan fingerprint density at radius 1 is 1.09 bits per heavy atom. The van der Waals surface area contributed by atoms with Crippen LogP contribution in [0.1, 0.15) is 0 Å². The van der Waals surface area contributed by atoms with E-state index in [1.807, 2.05) is 0 Å². The third-order valence-corrected chi connectivity index (χ3v) is 0.903. The number of terminal acetylenes is 1. The summed E-state index contributed by atoms with van der Waals surface area (Å²) in [6.45, 7) is 2.24. The van der Waals surface area contributed by atoms with Crippen molar-refractivity contribution in [2.24, 2.45) is 5.90 Å². The van der Waals surface area contributed by atoms with Gasteiger partial charge in [-0.05, 0) is 0 Å². The predicted octanol–water partition coefficient (Wildman–Crippen LogP) is -0.457. The predicted molar refractivity (Wildman–Crippen MR) is 40.6 cm³/mol. The molecule has 0 aliphatic rings. The highest BCUT2D eigenvalue weighted by Crippen LogP contribution is 1.77. The highest BCUT2D eigenvalue weighted by atomic mass is 16.6. The topological polar surface area (TPSA) is 53.7 Å². The van der Waals surface area contributed by atoms with Gasteiger partial charge in [-0.15, -0.1) is 6.42 Å². The van der Waals surface area contributed by atoms with Gasteiger partial charge in [0.2, 0.25) is 0 Å². The van der Waals surface area contributed by atoms with E-state index in [4.69, 9.17) is 21.8 Å². The first-order valence-corrected chi connectivity index (χ1v) is 3.32. The Labute approximate surface area is 66.6 Å². The zero-order valence-electron chi connectivity index (χ0n) is 6.41. The summed E-state index contributed by atoms with van der Waals surface area (Å²) in [4.78, 5) is 4.27. The van der Waals surface area contributed by atoms with E-state index in [0.717, 1.165) is 0 Å². The van der Waals surface area contributed by atoms with Gasteiger partial charge in [-0.25, -0.2) is 5.90 Å². The summed E-state index contributed by atoms with van der Waals surface area (Å²) in [5.41, 5.74) is 0.